The molecule has 34 heavy (non-hydrogen) atoms. The number of carbonyl (C=O) groups excluding carboxylic acids is 1. The van der Waals surface area contributed by atoms with E-state index in [0.717, 1.165) is 54.7 Å². The van der Waals surface area contributed by atoms with Gasteiger partial charge in [-0.3, -0.25) is 4.79 Å². The molecule has 0 bridgehead atoms. The lowest BCUT2D eigenvalue weighted by Crippen LogP contribution is -2.26. The van der Waals surface area contributed by atoms with Gasteiger partial charge >= 0.3 is 0 Å². The molecule has 0 aliphatic rings. The fourth-order valence-electron chi connectivity index (χ4n) is 4.27. The Balaban J connectivity index is 1.19. The number of imidazole rings is 1. The van der Waals surface area contributed by atoms with Crippen LogP contribution in [0.4, 0.5) is 0 Å². The summed E-state index contributed by atoms with van der Waals surface area (Å²) in [5, 5.41) is 3.06. The Morgan fingerprint density at radius 3 is 2.35 bits per heavy atom. The van der Waals surface area contributed by atoms with Crippen LogP contribution in [0.3, 0.4) is 0 Å². The van der Waals surface area contributed by atoms with Gasteiger partial charge in [-0.1, -0.05) is 85.3 Å². The number of rotatable bonds is 11. The molecule has 0 atom stereocenters. The molecule has 0 saturated heterocycles. The number of carbonyl (C=O) groups is 1. The number of benzene rings is 3. The van der Waals surface area contributed by atoms with E-state index in [1.807, 2.05) is 36.4 Å². The predicted molar refractivity (Wildman–Crippen MR) is 141 cm³/mol. The van der Waals surface area contributed by atoms with Crippen molar-refractivity contribution in [3.8, 4) is 11.1 Å². The fourth-order valence-corrected chi connectivity index (χ4v) is 4.27. The summed E-state index contributed by atoms with van der Waals surface area (Å²) in [6, 6.07) is 26.8. The molecule has 4 aromatic rings. The Kier molecular flexibility index (Phi) is 7.92. The minimum atomic E-state index is 0.0794. The molecule has 0 unspecified atom stereocenters. The molecule has 1 heterocycles. The SMILES string of the molecule is C=C(C)Cn1c(CCCCCNC(=O)Cc2ccc(-c3ccccc3)cc2)nc2ccccc21. The van der Waals surface area contributed by atoms with Gasteiger partial charge in [0.05, 0.1) is 17.5 Å². The molecular formula is C30H33N3O. The van der Waals surface area contributed by atoms with Crippen molar-refractivity contribution in [2.24, 2.45) is 0 Å². The van der Waals surface area contributed by atoms with Crippen LogP contribution in [0.2, 0.25) is 0 Å². The number of hydrogen-bond donors (Lipinski definition) is 1. The highest BCUT2D eigenvalue weighted by Gasteiger charge is 2.10. The van der Waals surface area contributed by atoms with E-state index < -0.39 is 0 Å². The van der Waals surface area contributed by atoms with E-state index in [9.17, 15) is 4.79 Å². The summed E-state index contributed by atoms with van der Waals surface area (Å²) in [7, 11) is 0. The van der Waals surface area contributed by atoms with E-state index in [-0.39, 0.29) is 5.91 Å². The average Bonchev–Trinajstić information content (AvgIpc) is 3.19. The van der Waals surface area contributed by atoms with Gasteiger partial charge < -0.3 is 9.88 Å². The van der Waals surface area contributed by atoms with Crippen LogP contribution in [-0.2, 0) is 24.2 Å². The first-order valence-corrected chi connectivity index (χ1v) is 12.1. The van der Waals surface area contributed by atoms with Crippen LogP contribution in [0.25, 0.3) is 22.2 Å². The average molecular weight is 452 g/mol. The molecule has 3 aromatic carbocycles. The second kappa shape index (κ2) is 11.5. The Hall–Kier alpha value is -3.66. The summed E-state index contributed by atoms with van der Waals surface area (Å²) < 4.78 is 2.28. The minimum Gasteiger partial charge on any atom is -0.356 e. The zero-order chi connectivity index (χ0) is 23.8. The topological polar surface area (TPSA) is 46.9 Å². The quantitative estimate of drug-likeness (QED) is 0.213. The molecule has 0 fully saturated rings. The largest absolute Gasteiger partial charge is 0.356 e. The molecule has 0 aliphatic carbocycles. The van der Waals surface area contributed by atoms with Crippen molar-refractivity contribution < 1.29 is 4.79 Å². The molecule has 4 rings (SSSR count). The van der Waals surface area contributed by atoms with Gasteiger partial charge in [0.2, 0.25) is 5.91 Å². The minimum absolute atomic E-state index is 0.0794. The number of hydrogen-bond acceptors (Lipinski definition) is 2. The normalized spacial score (nSPS) is 11.0. The second-order valence-electron chi connectivity index (χ2n) is 8.96. The van der Waals surface area contributed by atoms with E-state index >= 15 is 0 Å². The maximum atomic E-state index is 12.3. The van der Waals surface area contributed by atoms with Gasteiger partial charge in [0.25, 0.3) is 0 Å². The monoisotopic (exact) mass is 451 g/mol. The molecule has 0 aliphatic heterocycles. The summed E-state index contributed by atoms with van der Waals surface area (Å²) in [5.41, 5.74) is 6.73. The van der Waals surface area contributed by atoms with E-state index in [4.69, 9.17) is 4.98 Å². The maximum Gasteiger partial charge on any atom is 0.224 e. The summed E-state index contributed by atoms with van der Waals surface area (Å²) in [4.78, 5) is 17.2. The Labute approximate surface area is 202 Å². The smallest absolute Gasteiger partial charge is 0.224 e. The van der Waals surface area contributed by atoms with Crippen LogP contribution in [0.5, 0.6) is 0 Å². The molecule has 4 nitrogen and oxygen atoms in total. The molecule has 1 aromatic heterocycles. The van der Waals surface area contributed by atoms with Crippen molar-refractivity contribution in [1.29, 1.82) is 0 Å². The lowest BCUT2D eigenvalue weighted by Gasteiger charge is -2.09. The third kappa shape index (κ3) is 6.22. The summed E-state index contributed by atoms with van der Waals surface area (Å²) in [6.07, 6.45) is 4.43. The first kappa shape index (κ1) is 23.5. The molecule has 0 spiro atoms. The third-order valence-corrected chi connectivity index (χ3v) is 5.99. The predicted octanol–water partition coefficient (Wildman–Crippen LogP) is 6.35. The number of unbranched alkanes of at least 4 members (excludes halogenated alkanes) is 2. The summed E-state index contributed by atoms with van der Waals surface area (Å²) in [6.45, 7) is 7.64. The van der Waals surface area contributed by atoms with Gasteiger partial charge in [0.1, 0.15) is 5.82 Å². The molecule has 4 heteroatoms. The summed E-state index contributed by atoms with van der Waals surface area (Å²) >= 11 is 0. The molecule has 1 N–H and O–H groups in total. The number of allylic oxidation sites excluding steroid dienone is 1. The summed E-state index contributed by atoms with van der Waals surface area (Å²) in [5.74, 6) is 1.20. The lowest BCUT2D eigenvalue weighted by molar-refractivity contribution is -0.120. The molecule has 1 amide bonds. The van der Waals surface area contributed by atoms with Gasteiger partial charge in [-0.25, -0.2) is 4.98 Å². The molecule has 0 saturated carbocycles. The van der Waals surface area contributed by atoms with E-state index in [1.165, 1.54) is 16.6 Å². The number of nitrogens with one attached hydrogen (secondary N) is 1. The van der Waals surface area contributed by atoms with Crippen molar-refractivity contribution in [2.45, 2.75) is 45.6 Å². The maximum absolute atomic E-state index is 12.3. The van der Waals surface area contributed by atoms with Crippen LogP contribution >= 0.6 is 0 Å². The number of nitrogens with zero attached hydrogens (tertiary/aromatic N) is 2. The van der Waals surface area contributed by atoms with E-state index in [1.54, 1.807) is 0 Å². The molecule has 174 valence electrons. The number of aromatic nitrogens is 2. The number of fused-ring (bicyclic) bond motifs is 1. The van der Waals surface area contributed by atoms with Gasteiger partial charge in [-0.05, 0) is 48.6 Å². The van der Waals surface area contributed by atoms with Crippen molar-refractivity contribution >= 4 is 16.9 Å². The first-order chi connectivity index (χ1) is 16.6. The molecular weight excluding hydrogens is 418 g/mol. The van der Waals surface area contributed by atoms with Crippen molar-refractivity contribution in [2.75, 3.05) is 6.54 Å². The van der Waals surface area contributed by atoms with Crippen LogP contribution in [0.1, 0.15) is 37.6 Å². The Morgan fingerprint density at radius 2 is 1.59 bits per heavy atom. The van der Waals surface area contributed by atoms with Crippen molar-refractivity contribution in [3.63, 3.8) is 0 Å². The lowest BCUT2D eigenvalue weighted by atomic mass is 10.0. The highest BCUT2D eigenvalue weighted by atomic mass is 16.1. The van der Waals surface area contributed by atoms with Crippen molar-refractivity contribution in [1.82, 2.24) is 14.9 Å². The number of para-hydroxylation sites is 2. The zero-order valence-corrected chi connectivity index (χ0v) is 20.0. The number of aryl methyl sites for hydroxylation is 1. The third-order valence-electron chi connectivity index (χ3n) is 5.99. The van der Waals surface area contributed by atoms with Crippen LogP contribution < -0.4 is 5.32 Å². The second-order valence-corrected chi connectivity index (χ2v) is 8.96. The molecule has 0 radical (unpaired) electrons. The van der Waals surface area contributed by atoms with E-state index in [0.29, 0.717) is 13.0 Å². The Bertz CT molecular complexity index is 1240. The zero-order valence-electron chi connectivity index (χ0n) is 20.0. The van der Waals surface area contributed by atoms with Gasteiger partial charge in [-0.2, -0.15) is 0 Å². The van der Waals surface area contributed by atoms with E-state index in [2.05, 4.69) is 65.9 Å². The van der Waals surface area contributed by atoms with Crippen LogP contribution in [0.15, 0.2) is 91.0 Å². The van der Waals surface area contributed by atoms with Crippen LogP contribution in [-0.4, -0.2) is 22.0 Å². The Morgan fingerprint density at radius 1 is 0.882 bits per heavy atom. The van der Waals surface area contributed by atoms with Crippen molar-refractivity contribution in [3.05, 3.63) is 102 Å². The number of amides is 1. The fraction of sp³-hybridized carbons (Fsp3) is 0.267. The standard InChI is InChI=1S/C30H33N3O/c1-23(2)22-33-28-14-9-8-13-27(28)32-29(33)15-7-4-10-20-31-30(34)21-24-16-18-26(19-17-24)25-11-5-3-6-12-25/h3,5-6,8-9,11-14,16-19H,1,4,7,10,15,20-22H2,2H3,(H,31,34). The first-order valence-electron chi connectivity index (χ1n) is 12.1. The highest BCUT2D eigenvalue weighted by Crippen LogP contribution is 2.20. The van der Waals surface area contributed by atoms with Crippen LogP contribution in [0, 0.1) is 0 Å². The highest BCUT2D eigenvalue weighted by molar-refractivity contribution is 5.79. The van der Waals surface area contributed by atoms with Gasteiger partial charge in [0, 0.05) is 19.5 Å². The van der Waals surface area contributed by atoms with Gasteiger partial charge in [-0.15, -0.1) is 0 Å². The van der Waals surface area contributed by atoms with Gasteiger partial charge in [0.15, 0.2) is 0 Å².